The molecular formula is C10H13BN2. The van der Waals surface area contributed by atoms with Gasteiger partial charge in [-0.05, 0) is 18.1 Å². The van der Waals surface area contributed by atoms with E-state index in [1.165, 1.54) is 0 Å². The Morgan fingerprint density at radius 2 is 2.23 bits per heavy atom. The van der Waals surface area contributed by atoms with Crippen LogP contribution in [0.15, 0.2) is 18.2 Å². The minimum absolute atomic E-state index is 0.0757. The molecule has 0 aliphatic carbocycles. The molecule has 0 aliphatic rings. The topological polar surface area (TPSA) is 49.8 Å². The monoisotopic (exact) mass is 172 g/mol. The highest BCUT2D eigenvalue weighted by molar-refractivity contribution is 6.78. The largest absolute Gasteiger partial charge is 0.399 e. The highest BCUT2D eigenvalue weighted by Gasteiger charge is 2.09. The summed E-state index contributed by atoms with van der Waals surface area (Å²) in [6.45, 7) is 3.87. The molecule has 13 heavy (non-hydrogen) atoms. The van der Waals surface area contributed by atoms with Crippen molar-refractivity contribution in [1.82, 2.24) is 0 Å². The molecule has 1 aromatic carbocycles. The molecule has 0 fully saturated rings. The summed E-state index contributed by atoms with van der Waals surface area (Å²) in [5.74, 6) is 2.19. The first-order valence-corrected chi connectivity index (χ1v) is 4.47. The van der Waals surface area contributed by atoms with Gasteiger partial charge in [0.05, 0.1) is 0 Å². The van der Waals surface area contributed by atoms with Crippen LogP contribution >= 0.6 is 0 Å². The second-order valence-corrected chi connectivity index (χ2v) is 3.16. The summed E-state index contributed by atoms with van der Waals surface area (Å²) in [7, 11) is 0. The van der Waals surface area contributed by atoms with Crippen LogP contribution < -0.4 is 11.2 Å². The molecule has 0 saturated heterocycles. The van der Waals surface area contributed by atoms with Crippen LogP contribution in [0.5, 0.6) is 0 Å². The van der Waals surface area contributed by atoms with Crippen LogP contribution in [0.25, 0.3) is 0 Å². The molecule has 1 aromatic rings. The Kier molecular flexibility index (Phi) is 2.97. The average molecular weight is 172 g/mol. The second-order valence-electron chi connectivity index (χ2n) is 3.16. The number of nitriles is 1. The van der Waals surface area contributed by atoms with E-state index in [9.17, 15) is 0 Å². The zero-order chi connectivity index (χ0) is 9.84. The zero-order valence-corrected chi connectivity index (χ0v) is 8.04. The van der Waals surface area contributed by atoms with E-state index >= 15 is 0 Å². The molecule has 0 heterocycles. The van der Waals surface area contributed by atoms with Crippen molar-refractivity contribution >= 4 is 17.9 Å². The minimum Gasteiger partial charge on any atom is -0.399 e. The Labute approximate surface area is 79.4 Å². The van der Waals surface area contributed by atoms with Crippen molar-refractivity contribution in [3.05, 3.63) is 23.8 Å². The van der Waals surface area contributed by atoms with Gasteiger partial charge in [-0.3, -0.25) is 0 Å². The standard InChI is InChI=1S/C10H13BN2/c1-3-8-4-5-9(6-10(8)13)11(2)7-12/h4-6H,3,13H2,1-2H3. The summed E-state index contributed by atoms with van der Waals surface area (Å²) in [6.07, 6.45) is 0.938. The van der Waals surface area contributed by atoms with Crippen LogP contribution in [0, 0.1) is 11.2 Å². The van der Waals surface area contributed by atoms with Gasteiger partial charge in [0.15, 0.2) is 0 Å². The summed E-state index contributed by atoms with van der Waals surface area (Å²) >= 11 is 0. The maximum absolute atomic E-state index is 8.71. The normalized spacial score (nSPS) is 9.31. The first kappa shape index (κ1) is 9.66. The van der Waals surface area contributed by atoms with Gasteiger partial charge in [-0.15, -0.1) is 0 Å². The number of nitrogen functional groups attached to an aromatic ring is 1. The maximum atomic E-state index is 8.71. The third kappa shape index (κ3) is 2.03. The van der Waals surface area contributed by atoms with Gasteiger partial charge in [-0.2, -0.15) is 0 Å². The quantitative estimate of drug-likeness (QED) is 0.538. The van der Waals surface area contributed by atoms with Crippen molar-refractivity contribution in [2.24, 2.45) is 0 Å². The van der Waals surface area contributed by atoms with Crippen LogP contribution in [-0.4, -0.2) is 6.71 Å². The van der Waals surface area contributed by atoms with Crippen molar-refractivity contribution in [3.8, 4) is 5.97 Å². The van der Waals surface area contributed by atoms with Crippen molar-refractivity contribution in [2.75, 3.05) is 5.73 Å². The van der Waals surface area contributed by atoms with Gasteiger partial charge in [0.2, 0.25) is 0 Å². The number of hydrogen-bond donors (Lipinski definition) is 1. The van der Waals surface area contributed by atoms with Crippen molar-refractivity contribution in [3.63, 3.8) is 0 Å². The molecule has 0 amide bonds. The number of nitrogens with two attached hydrogens (primary N) is 1. The summed E-state index contributed by atoms with van der Waals surface area (Å²) in [4.78, 5) is 0. The van der Waals surface area contributed by atoms with Crippen molar-refractivity contribution in [2.45, 2.75) is 20.2 Å². The molecule has 0 unspecified atom stereocenters. The Bertz CT molecular complexity index is 341. The lowest BCUT2D eigenvalue weighted by molar-refractivity contribution is 1.15. The molecule has 0 atom stereocenters. The molecule has 0 spiro atoms. The Morgan fingerprint density at radius 3 is 2.69 bits per heavy atom. The van der Waals surface area contributed by atoms with Crippen LogP contribution in [-0.2, 0) is 6.42 Å². The lowest BCUT2D eigenvalue weighted by atomic mass is 9.48. The van der Waals surface area contributed by atoms with E-state index < -0.39 is 0 Å². The molecule has 66 valence electrons. The number of anilines is 1. The molecule has 3 heteroatoms. The third-order valence-electron chi connectivity index (χ3n) is 2.24. The molecule has 1 rings (SSSR count). The van der Waals surface area contributed by atoms with Crippen LogP contribution in [0.4, 0.5) is 5.69 Å². The zero-order valence-electron chi connectivity index (χ0n) is 8.04. The molecule has 0 radical (unpaired) electrons. The molecule has 0 saturated carbocycles. The molecule has 0 aromatic heterocycles. The van der Waals surface area contributed by atoms with E-state index in [1.54, 1.807) is 0 Å². The highest BCUT2D eigenvalue weighted by Crippen LogP contribution is 2.09. The van der Waals surface area contributed by atoms with Gasteiger partial charge in [-0.1, -0.05) is 31.3 Å². The fraction of sp³-hybridized carbons (Fsp3) is 0.300. The average Bonchev–Trinajstić information content (AvgIpc) is 2.16. The fourth-order valence-corrected chi connectivity index (χ4v) is 1.28. The van der Waals surface area contributed by atoms with Crippen LogP contribution in [0.1, 0.15) is 12.5 Å². The molecular weight excluding hydrogens is 159 g/mol. The summed E-state index contributed by atoms with van der Waals surface area (Å²) in [6, 6.07) is 5.87. The first-order chi connectivity index (χ1) is 6.19. The predicted octanol–water partition coefficient (Wildman–Crippen LogP) is 1.23. The SMILES string of the molecule is CCc1ccc(B(C)C#N)cc1N. The molecule has 0 aliphatic heterocycles. The van der Waals surface area contributed by atoms with E-state index in [-0.39, 0.29) is 6.71 Å². The number of nitrogens with zero attached hydrogens (tertiary/aromatic N) is 1. The van der Waals surface area contributed by atoms with E-state index in [0.29, 0.717) is 0 Å². The van der Waals surface area contributed by atoms with Gasteiger partial charge in [-0.25, -0.2) is 5.26 Å². The Hall–Kier alpha value is -1.43. The van der Waals surface area contributed by atoms with Gasteiger partial charge >= 0.3 is 0 Å². The maximum Gasteiger partial charge on any atom is 0.297 e. The van der Waals surface area contributed by atoms with Crippen LogP contribution in [0.2, 0.25) is 6.82 Å². The first-order valence-electron chi connectivity index (χ1n) is 4.47. The van der Waals surface area contributed by atoms with E-state index in [1.807, 2.05) is 25.0 Å². The Balaban J connectivity index is 3.04. The van der Waals surface area contributed by atoms with Crippen molar-refractivity contribution in [1.29, 1.82) is 5.26 Å². The minimum atomic E-state index is -0.0757. The van der Waals surface area contributed by atoms with E-state index in [4.69, 9.17) is 11.0 Å². The number of rotatable bonds is 2. The summed E-state index contributed by atoms with van der Waals surface area (Å²) in [5, 5.41) is 8.71. The third-order valence-corrected chi connectivity index (χ3v) is 2.24. The van der Waals surface area contributed by atoms with Gasteiger partial charge in [0.25, 0.3) is 6.71 Å². The number of aryl methyl sites for hydroxylation is 1. The molecule has 0 bridgehead atoms. The summed E-state index contributed by atoms with van der Waals surface area (Å²) in [5.41, 5.74) is 8.75. The summed E-state index contributed by atoms with van der Waals surface area (Å²) < 4.78 is 0. The number of benzene rings is 1. The number of hydrogen-bond acceptors (Lipinski definition) is 2. The van der Waals surface area contributed by atoms with E-state index in [2.05, 4.69) is 12.9 Å². The highest BCUT2D eigenvalue weighted by atomic mass is 14.6. The lowest BCUT2D eigenvalue weighted by Gasteiger charge is -2.05. The molecule has 2 nitrogen and oxygen atoms in total. The Morgan fingerprint density at radius 1 is 1.54 bits per heavy atom. The smallest absolute Gasteiger partial charge is 0.297 e. The fourth-order valence-electron chi connectivity index (χ4n) is 1.28. The van der Waals surface area contributed by atoms with E-state index in [0.717, 1.165) is 23.1 Å². The second kappa shape index (κ2) is 4.00. The van der Waals surface area contributed by atoms with Gasteiger partial charge in [0, 0.05) is 11.7 Å². The predicted molar refractivity (Wildman–Crippen MR) is 57.1 cm³/mol. The molecule has 2 N–H and O–H groups in total. The van der Waals surface area contributed by atoms with Gasteiger partial charge in [0.1, 0.15) is 0 Å². The van der Waals surface area contributed by atoms with Crippen molar-refractivity contribution < 1.29 is 0 Å². The lowest BCUT2D eigenvalue weighted by Crippen LogP contribution is -2.25. The van der Waals surface area contributed by atoms with Crippen LogP contribution in [0.3, 0.4) is 0 Å². The van der Waals surface area contributed by atoms with Gasteiger partial charge < -0.3 is 5.73 Å².